The van der Waals surface area contributed by atoms with Crippen LogP contribution in [0.1, 0.15) is 44.0 Å². The first-order chi connectivity index (χ1) is 8.49. The molecule has 0 spiro atoms. The summed E-state index contributed by atoms with van der Waals surface area (Å²) in [5, 5.41) is 0. The molecule has 3 heteroatoms. The summed E-state index contributed by atoms with van der Waals surface area (Å²) >= 11 is 0. The second-order valence-corrected chi connectivity index (χ2v) is 4.55. The van der Waals surface area contributed by atoms with E-state index in [-0.39, 0.29) is 11.6 Å². The van der Waals surface area contributed by atoms with E-state index in [1.54, 1.807) is 18.2 Å². The quantitative estimate of drug-likeness (QED) is 0.567. The molecule has 0 radical (unpaired) electrons. The minimum atomic E-state index is -0.0248. The third kappa shape index (κ3) is 4.95. The molecule has 0 N–H and O–H groups in total. The van der Waals surface area contributed by atoms with E-state index in [9.17, 15) is 9.59 Å². The van der Waals surface area contributed by atoms with Crippen molar-refractivity contribution in [3.8, 4) is 0 Å². The number of Topliss-reactive ketones (excluding diaryl/α,β-unsaturated/α-hetero) is 1. The highest BCUT2D eigenvalue weighted by Crippen LogP contribution is 2.10. The summed E-state index contributed by atoms with van der Waals surface area (Å²) in [6.07, 6.45) is 7.07. The van der Waals surface area contributed by atoms with Crippen molar-refractivity contribution in [2.24, 2.45) is 0 Å². The Hall–Kier alpha value is -1.90. The van der Waals surface area contributed by atoms with Crippen molar-refractivity contribution >= 4 is 11.6 Å². The fourth-order valence-electron chi connectivity index (χ4n) is 1.52. The van der Waals surface area contributed by atoms with Gasteiger partial charge in [0.2, 0.25) is 0 Å². The molecule has 0 atom stereocenters. The first-order valence-corrected chi connectivity index (χ1v) is 5.90. The zero-order valence-corrected chi connectivity index (χ0v) is 11.0. The molecule has 0 saturated carbocycles. The lowest BCUT2D eigenvalue weighted by Gasteiger charge is -1.99. The molecular formula is C15H18O3. The third-order valence-electron chi connectivity index (χ3n) is 2.41. The normalized spacial score (nSPS) is 11.2. The Morgan fingerprint density at radius 3 is 2.44 bits per heavy atom. The standard InChI is InChI=1S/C15H18O3/c1-11(2)8-14(16)9-12(3)4-5-15(17)13-6-7-18-10-13/h6-10H,4-5H2,1-3H3/b12-9-. The van der Waals surface area contributed by atoms with E-state index in [1.807, 2.05) is 20.8 Å². The fourth-order valence-corrected chi connectivity index (χ4v) is 1.52. The average molecular weight is 246 g/mol. The summed E-state index contributed by atoms with van der Waals surface area (Å²) in [6.45, 7) is 5.62. The highest BCUT2D eigenvalue weighted by atomic mass is 16.3. The zero-order valence-electron chi connectivity index (χ0n) is 11.0. The maximum Gasteiger partial charge on any atom is 0.178 e. The SMILES string of the molecule is CC(C)=CC(=O)/C=C(/C)CCC(=O)c1ccoc1. The first-order valence-electron chi connectivity index (χ1n) is 5.90. The molecule has 3 nitrogen and oxygen atoms in total. The second-order valence-electron chi connectivity index (χ2n) is 4.55. The second kappa shape index (κ2) is 6.74. The monoisotopic (exact) mass is 246 g/mol. The molecule has 0 aliphatic rings. The summed E-state index contributed by atoms with van der Waals surface area (Å²) in [5.41, 5.74) is 2.46. The topological polar surface area (TPSA) is 47.3 Å². The van der Waals surface area contributed by atoms with Crippen LogP contribution in [-0.4, -0.2) is 11.6 Å². The number of allylic oxidation sites excluding steroid dienone is 4. The van der Waals surface area contributed by atoms with Crippen molar-refractivity contribution in [3.05, 3.63) is 47.5 Å². The Labute approximate surface area is 107 Å². The van der Waals surface area contributed by atoms with Crippen LogP contribution in [0.5, 0.6) is 0 Å². The van der Waals surface area contributed by atoms with E-state index in [2.05, 4.69) is 0 Å². The van der Waals surface area contributed by atoms with Crippen LogP contribution in [-0.2, 0) is 4.79 Å². The Morgan fingerprint density at radius 1 is 1.17 bits per heavy atom. The van der Waals surface area contributed by atoms with Gasteiger partial charge in [0, 0.05) is 6.42 Å². The van der Waals surface area contributed by atoms with E-state index in [4.69, 9.17) is 4.42 Å². The first kappa shape index (κ1) is 14.2. The van der Waals surface area contributed by atoms with E-state index < -0.39 is 0 Å². The number of furan rings is 1. The van der Waals surface area contributed by atoms with Crippen molar-refractivity contribution in [1.82, 2.24) is 0 Å². The van der Waals surface area contributed by atoms with Gasteiger partial charge in [-0.2, -0.15) is 0 Å². The smallest absolute Gasteiger partial charge is 0.178 e. The van der Waals surface area contributed by atoms with E-state index in [1.165, 1.54) is 12.5 Å². The average Bonchev–Trinajstić information content (AvgIpc) is 2.77. The molecule has 1 aromatic heterocycles. The molecule has 96 valence electrons. The molecule has 0 aliphatic carbocycles. The van der Waals surface area contributed by atoms with Gasteiger partial charge in [0.05, 0.1) is 11.8 Å². The van der Waals surface area contributed by atoms with Crippen LogP contribution in [0.3, 0.4) is 0 Å². The minimum Gasteiger partial charge on any atom is -0.472 e. The Balaban J connectivity index is 2.49. The van der Waals surface area contributed by atoms with Gasteiger partial charge < -0.3 is 4.42 Å². The molecule has 1 rings (SSSR count). The summed E-state index contributed by atoms with van der Waals surface area (Å²) in [4.78, 5) is 23.2. The predicted octanol–water partition coefficient (Wildman–Crippen LogP) is 3.72. The lowest BCUT2D eigenvalue weighted by atomic mass is 10.0. The van der Waals surface area contributed by atoms with Crippen molar-refractivity contribution in [2.75, 3.05) is 0 Å². The Bertz CT molecular complexity index is 472. The molecular weight excluding hydrogens is 228 g/mol. The van der Waals surface area contributed by atoms with Crippen LogP contribution < -0.4 is 0 Å². The Kier molecular flexibility index (Phi) is 5.31. The Morgan fingerprint density at radius 2 is 1.89 bits per heavy atom. The molecule has 1 heterocycles. The van der Waals surface area contributed by atoms with Crippen LogP contribution in [0.25, 0.3) is 0 Å². The van der Waals surface area contributed by atoms with Gasteiger partial charge in [-0.3, -0.25) is 9.59 Å². The molecule has 0 fully saturated rings. The molecule has 18 heavy (non-hydrogen) atoms. The van der Waals surface area contributed by atoms with Crippen molar-refractivity contribution in [2.45, 2.75) is 33.6 Å². The highest BCUT2D eigenvalue weighted by molar-refractivity contribution is 6.00. The molecule has 0 amide bonds. The van der Waals surface area contributed by atoms with E-state index in [0.717, 1.165) is 11.1 Å². The number of carbonyl (C=O) groups is 2. The molecule has 0 bridgehead atoms. The van der Waals surface area contributed by atoms with Gasteiger partial charge in [-0.05, 0) is 45.4 Å². The number of hydrogen-bond acceptors (Lipinski definition) is 3. The number of ketones is 2. The van der Waals surface area contributed by atoms with Crippen LogP contribution in [0.2, 0.25) is 0 Å². The maximum atomic E-state index is 11.7. The van der Waals surface area contributed by atoms with Gasteiger partial charge in [-0.15, -0.1) is 0 Å². The van der Waals surface area contributed by atoms with Gasteiger partial charge in [0.1, 0.15) is 6.26 Å². The number of rotatable bonds is 6. The van der Waals surface area contributed by atoms with Gasteiger partial charge >= 0.3 is 0 Å². The number of hydrogen-bond donors (Lipinski definition) is 0. The van der Waals surface area contributed by atoms with E-state index >= 15 is 0 Å². The summed E-state index contributed by atoms with van der Waals surface area (Å²) in [5.74, 6) is 0.00873. The minimum absolute atomic E-state index is 0.0248. The summed E-state index contributed by atoms with van der Waals surface area (Å²) in [6, 6.07) is 1.65. The van der Waals surface area contributed by atoms with Crippen molar-refractivity contribution in [1.29, 1.82) is 0 Å². The summed E-state index contributed by atoms with van der Waals surface area (Å²) < 4.78 is 4.85. The van der Waals surface area contributed by atoms with Crippen LogP contribution >= 0.6 is 0 Å². The molecule has 0 unspecified atom stereocenters. The fraction of sp³-hybridized carbons (Fsp3) is 0.333. The van der Waals surface area contributed by atoms with Crippen LogP contribution in [0, 0.1) is 0 Å². The highest BCUT2D eigenvalue weighted by Gasteiger charge is 2.07. The maximum absolute atomic E-state index is 11.7. The third-order valence-corrected chi connectivity index (χ3v) is 2.41. The molecule has 0 aliphatic heterocycles. The largest absolute Gasteiger partial charge is 0.472 e. The molecule has 0 aromatic carbocycles. The molecule has 1 aromatic rings. The van der Waals surface area contributed by atoms with Gasteiger partial charge in [-0.25, -0.2) is 0 Å². The van der Waals surface area contributed by atoms with Gasteiger partial charge in [0.25, 0.3) is 0 Å². The van der Waals surface area contributed by atoms with Gasteiger partial charge in [-0.1, -0.05) is 11.1 Å². The van der Waals surface area contributed by atoms with Crippen LogP contribution in [0.15, 0.2) is 46.3 Å². The van der Waals surface area contributed by atoms with Crippen molar-refractivity contribution < 1.29 is 14.0 Å². The zero-order chi connectivity index (χ0) is 13.5. The predicted molar refractivity (Wildman–Crippen MR) is 70.5 cm³/mol. The summed E-state index contributed by atoms with van der Waals surface area (Å²) in [7, 11) is 0. The lowest BCUT2D eigenvalue weighted by molar-refractivity contribution is -0.110. The van der Waals surface area contributed by atoms with Gasteiger partial charge in [0.15, 0.2) is 11.6 Å². The van der Waals surface area contributed by atoms with Crippen molar-refractivity contribution in [3.63, 3.8) is 0 Å². The van der Waals surface area contributed by atoms with E-state index in [0.29, 0.717) is 18.4 Å². The molecule has 0 saturated heterocycles. The lowest BCUT2D eigenvalue weighted by Crippen LogP contribution is -1.98. The number of carbonyl (C=O) groups excluding carboxylic acids is 2. The van der Waals surface area contributed by atoms with Crippen LogP contribution in [0.4, 0.5) is 0 Å².